The van der Waals surface area contributed by atoms with Crippen molar-refractivity contribution >= 4 is 17.3 Å². The molecule has 2 heterocycles. The van der Waals surface area contributed by atoms with Crippen LogP contribution < -0.4 is 10.2 Å². The van der Waals surface area contributed by atoms with E-state index in [0.29, 0.717) is 5.92 Å². The van der Waals surface area contributed by atoms with Gasteiger partial charge in [-0.1, -0.05) is 45.9 Å². The Bertz CT molecular complexity index is 926. The monoisotopic (exact) mass is 392 g/mol. The minimum atomic E-state index is -0.108. The van der Waals surface area contributed by atoms with Gasteiger partial charge in [0.05, 0.1) is 13.0 Å². The van der Waals surface area contributed by atoms with Gasteiger partial charge in [-0.15, -0.1) is 0 Å². The summed E-state index contributed by atoms with van der Waals surface area (Å²) >= 11 is 0. The van der Waals surface area contributed by atoms with Crippen LogP contribution in [0.2, 0.25) is 0 Å². The lowest BCUT2D eigenvalue weighted by molar-refractivity contribution is -0.146. The Balaban J connectivity index is 1.68. The number of esters is 1. The number of carbonyl (C=O) groups is 1. The molecule has 4 rings (SSSR count). The summed E-state index contributed by atoms with van der Waals surface area (Å²) in [5, 5.41) is 3.72. The zero-order valence-electron chi connectivity index (χ0n) is 18.2. The SMILES string of the molecule is COC(=O)C1CN(c2cccc(-c3cc(C(C)C)cc4c3NCC(C)(C)C4)c2)C1. The molecule has 2 aromatic rings. The molecule has 4 nitrogen and oxygen atoms in total. The van der Waals surface area contributed by atoms with Gasteiger partial charge in [-0.25, -0.2) is 0 Å². The molecule has 2 aliphatic rings. The second-order valence-corrected chi connectivity index (χ2v) is 9.63. The van der Waals surface area contributed by atoms with E-state index in [9.17, 15) is 4.79 Å². The van der Waals surface area contributed by atoms with Gasteiger partial charge >= 0.3 is 5.97 Å². The lowest BCUT2D eigenvalue weighted by Gasteiger charge is -2.39. The van der Waals surface area contributed by atoms with Crippen LogP contribution in [0.5, 0.6) is 0 Å². The van der Waals surface area contributed by atoms with E-state index in [0.717, 1.165) is 26.1 Å². The summed E-state index contributed by atoms with van der Waals surface area (Å²) in [5.74, 6) is 0.371. The van der Waals surface area contributed by atoms with E-state index in [2.05, 4.69) is 74.3 Å². The van der Waals surface area contributed by atoms with Crippen LogP contribution in [-0.4, -0.2) is 32.7 Å². The van der Waals surface area contributed by atoms with E-state index in [1.165, 1.54) is 40.7 Å². The van der Waals surface area contributed by atoms with Crippen LogP contribution in [0, 0.1) is 11.3 Å². The molecule has 2 aromatic carbocycles. The van der Waals surface area contributed by atoms with E-state index < -0.39 is 0 Å². The second-order valence-electron chi connectivity index (χ2n) is 9.63. The Morgan fingerprint density at radius 2 is 1.97 bits per heavy atom. The van der Waals surface area contributed by atoms with Gasteiger partial charge < -0.3 is 15.0 Å². The fourth-order valence-corrected chi connectivity index (χ4v) is 4.42. The summed E-state index contributed by atoms with van der Waals surface area (Å²) in [6.45, 7) is 11.6. The number of methoxy groups -OCH3 is 1. The Morgan fingerprint density at radius 3 is 2.66 bits per heavy atom. The highest BCUT2D eigenvalue weighted by molar-refractivity contribution is 5.84. The third-order valence-corrected chi connectivity index (χ3v) is 6.26. The number of hydrogen-bond donors (Lipinski definition) is 1. The van der Waals surface area contributed by atoms with Gasteiger partial charge in [0.25, 0.3) is 0 Å². The van der Waals surface area contributed by atoms with Crippen LogP contribution in [0.3, 0.4) is 0 Å². The molecular formula is C25H32N2O2. The fourth-order valence-electron chi connectivity index (χ4n) is 4.42. The van der Waals surface area contributed by atoms with Crippen molar-refractivity contribution in [3.8, 4) is 11.1 Å². The maximum absolute atomic E-state index is 11.7. The maximum atomic E-state index is 11.7. The number of anilines is 2. The Labute approximate surface area is 174 Å². The molecule has 2 aliphatic heterocycles. The summed E-state index contributed by atoms with van der Waals surface area (Å²) in [5.41, 5.74) is 8.04. The average Bonchev–Trinajstić information content (AvgIpc) is 2.65. The maximum Gasteiger partial charge on any atom is 0.312 e. The van der Waals surface area contributed by atoms with Crippen molar-refractivity contribution in [3.05, 3.63) is 47.5 Å². The van der Waals surface area contributed by atoms with Crippen LogP contribution in [0.1, 0.15) is 44.7 Å². The molecule has 29 heavy (non-hydrogen) atoms. The van der Waals surface area contributed by atoms with Crippen molar-refractivity contribution in [1.82, 2.24) is 0 Å². The molecule has 0 unspecified atom stereocenters. The number of ether oxygens (including phenoxy) is 1. The van der Waals surface area contributed by atoms with E-state index in [1.807, 2.05) is 0 Å². The van der Waals surface area contributed by atoms with Crippen molar-refractivity contribution in [2.45, 2.75) is 40.0 Å². The standard InChI is InChI=1S/C25H32N2O2/c1-16(2)18-9-19-12-25(3,4)15-26-23(19)22(11-18)17-7-6-8-21(10-17)27-13-20(14-27)24(28)29-5/h6-11,16,20,26H,12-15H2,1-5H3. The number of benzene rings is 2. The van der Waals surface area contributed by atoms with Gasteiger partial charge in [-0.3, -0.25) is 4.79 Å². The Kier molecular flexibility index (Phi) is 5.05. The first-order valence-corrected chi connectivity index (χ1v) is 10.6. The summed E-state index contributed by atoms with van der Waals surface area (Å²) < 4.78 is 4.87. The third kappa shape index (κ3) is 3.85. The van der Waals surface area contributed by atoms with Crippen LogP contribution >= 0.6 is 0 Å². The largest absolute Gasteiger partial charge is 0.469 e. The zero-order valence-corrected chi connectivity index (χ0v) is 18.2. The summed E-state index contributed by atoms with van der Waals surface area (Å²) in [7, 11) is 1.46. The fraction of sp³-hybridized carbons (Fsp3) is 0.480. The van der Waals surface area contributed by atoms with E-state index >= 15 is 0 Å². The zero-order chi connectivity index (χ0) is 20.8. The first kappa shape index (κ1) is 19.8. The van der Waals surface area contributed by atoms with Gasteiger partial charge in [0.1, 0.15) is 0 Å². The molecule has 1 N–H and O–H groups in total. The number of hydrogen-bond acceptors (Lipinski definition) is 4. The number of carbonyl (C=O) groups excluding carboxylic acids is 1. The Hall–Kier alpha value is -2.49. The lowest BCUT2D eigenvalue weighted by atomic mass is 9.79. The molecule has 0 aliphatic carbocycles. The quantitative estimate of drug-likeness (QED) is 0.737. The molecule has 154 valence electrons. The highest BCUT2D eigenvalue weighted by atomic mass is 16.5. The molecule has 1 fully saturated rings. The molecule has 0 saturated carbocycles. The van der Waals surface area contributed by atoms with Crippen molar-refractivity contribution < 1.29 is 9.53 Å². The molecule has 4 heteroatoms. The van der Waals surface area contributed by atoms with Crippen LogP contribution in [-0.2, 0) is 16.0 Å². The highest BCUT2D eigenvalue weighted by Crippen LogP contribution is 2.42. The van der Waals surface area contributed by atoms with Crippen molar-refractivity contribution in [1.29, 1.82) is 0 Å². The molecule has 0 atom stereocenters. The summed E-state index contributed by atoms with van der Waals surface area (Å²) in [4.78, 5) is 14.0. The van der Waals surface area contributed by atoms with Crippen LogP contribution in [0.25, 0.3) is 11.1 Å². The van der Waals surface area contributed by atoms with E-state index in [-0.39, 0.29) is 17.3 Å². The number of nitrogens with one attached hydrogen (secondary N) is 1. The topological polar surface area (TPSA) is 41.6 Å². The van der Waals surface area contributed by atoms with Crippen molar-refractivity contribution in [2.75, 3.05) is 37.0 Å². The third-order valence-electron chi connectivity index (χ3n) is 6.26. The predicted octanol–water partition coefficient (Wildman–Crippen LogP) is 5.08. The smallest absolute Gasteiger partial charge is 0.312 e. The normalized spacial score (nSPS) is 18.1. The van der Waals surface area contributed by atoms with Gasteiger partial charge in [-0.05, 0) is 52.6 Å². The molecule has 0 aromatic heterocycles. The first-order chi connectivity index (χ1) is 13.8. The number of fused-ring (bicyclic) bond motifs is 1. The predicted molar refractivity (Wildman–Crippen MR) is 120 cm³/mol. The van der Waals surface area contributed by atoms with Gasteiger partial charge in [0.15, 0.2) is 0 Å². The number of nitrogens with zero attached hydrogens (tertiary/aromatic N) is 1. The Morgan fingerprint density at radius 1 is 1.21 bits per heavy atom. The minimum absolute atomic E-state index is 0.00965. The van der Waals surface area contributed by atoms with Crippen LogP contribution in [0.15, 0.2) is 36.4 Å². The van der Waals surface area contributed by atoms with E-state index in [1.54, 1.807) is 0 Å². The molecular weight excluding hydrogens is 360 g/mol. The highest BCUT2D eigenvalue weighted by Gasteiger charge is 2.34. The van der Waals surface area contributed by atoms with Gasteiger partial charge in [0, 0.05) is 36.6 Å². The van der Waals surface area contributed by atoms with Gasteiger partial charge in [0.2, 0.25) is 0 Å². The second kappa shape index (κ2) is 7.40. The summed E-state index contributed by atoms with van der Waals surface area (Å²) in [6.07, 6.45) is 1.09. The van der Waals surface area contributed by atoms with Crippen LogP contribution in [0.4, 0.5) is 11.4 Å². The lowest BCUT2D eigenvalue weighted by Crippen LogP contribution is -2.50. The molecule has 0 amide bonds. The van der Waals surface area contributed by atoms with Gasteiger partial charge in [-0.2, -0.15) is 0 Å². The molecule has 0 radical (unpaired) electrons. The molecule has 1 saturated heterocycles. The number of rotatable bonds is 4. The van der Waals surface area contributed by atoms with E-state index in [4.69, 9.17) is 4.74 Å². The van der Waals surface area contributed by atoms with Crippen molar-refractivity contribution in [3.63, 3.8) is 0 Å². The van der Waals surface area contributed by atoms with Crippen molar-refractivity contribution in [2.24, 2.45) is 11.3 Å². The summed E-state index contributed by atoms with van der Waals surface area (Å²) in [6, 6.07) is 13.4. The molecule has 0 bridgehead atoms. The first-order valence-electron chi connectivity index (χ1n) is 10.6. The minimum Gasteiger partial charge on any atom is -0.469 e. The average molecular weight is 393 g/mol. The molecule has 0 spiro atoms.